The molecule has 0 aromatic heterocycles. The highest BCUT2D eigenvalue weighted by Gasteiger charge is 2.32. The Morgan fingerprint density at radius 3 is 2.47 bits per heavy atom. The van der Waals surface area contributed by atoms with E-state index in [0.29, 0.717) is 6.42 Å². The lowest BCUT2D eigenvalue weighted by Gasteiger charge is -2.20. The molecule has 2 nitrogen and oxygen atoms in total. The third-order valence-electron chi connectivity index (χ3n) is 2.53. The van der Waals surface area contributed by atoms with Crippen LogP contribution in [0, 0.1) is 0 Å². The molecule has 1 atom stereocenters. The van der Waals surface area contributed by atoms with Gasteiger partial charge < -0.3 is 5.32 Å². The van der Waals surface area contributed by atoms with Gasteiger partial charge in [0.05, 0.1) is 6.04 Å². The molecule has 0 radical (unpaired) electrons. The summed E-state index contributed by atoms with van der Waals surface area (Å²) in [5.41, 5.74) is 1.94. The molecule has 0 fully saturated rings. The van der Waals surface area contributed by atoms with Gasteiger partial charge in [-0.3, -0.25) is 4.79 Å². The second kappa shape index (κ2) is 6.99. The van der Waals surface area contributed by atoms with E-state index in [9.17, 15) is 4.79 Å². The van der Waals surface area contributed by atoms with Crippen LogP contribution in [0.3, 0.4) is 0 Å². The number of benzene rings is 1. The van der Waals surface area contributed by atoms with Crippen LogP contribution in [-0.2, 0) is 11.2 Å². The van der Waals surface area contributed by atoms with Gasteiger partial charge in [0.25, 0.3) is 9.70 Å². The number of carbonyl (C=O) groups excluding carboxylic acids is 1. The fourth-order valence-corrected chi connectivity index (χ4v) is 1.83. The first kappa shape index (κ1) is 16.1. The van der Waals surface area contributed by atoms with Crippen molar-refractivity contribution in [2.75, 3.05) is 0 Å². The maximum absolute atomic E-state index is 11.7. The van der Waals surface area contributed by atoms with Gasteiger partial charge in [0.2, 0.25) is 0 Å². The van der Waals surface area contributed by atoms with E-state index in [1.807, 2.05) is 24.3 Å². The number of hydrogen-bond donors (Lipinski definition) is 1. The maximum Gasteiger partial charge on any atom is 0.272 e. The van der Waals surface area contributed by atoms with Gasteiger partial charge in [-0.15, -0.1) is 13.2 Å². The van der Waals surface area contributed by atoms with Crippen molar-refractivity contribution in [3.05, 3.63) is 60.7 Å². The van der Waals surface area contributed by atoms with Gasteiger partial charge in [0, 0.05) is 0 Å². The topological polar surface area (TPSA) is 29.1 Å². The SMILES string of the molecule is C=CCc1ccccc1C(C=C)NC(=O)C(Cl)(Cl)Cl. The van der Waals surface area contributed by atoms with Crippen LogP contribution in [0.25, 0.3) is 0 Å². The fourth-order valence-electron chi connectivity index (χ4n) is 1.67. The number of allylic oxidation sites excluding steroid dienone is 1. The molecule has 19 heavy (non-hydrogen) atoms. The summed E-state index contributed by atoms with van der Waals surface area (Å²) in [4.78, 5) is 11.7. The van der Waals surface area contributed by atoms with E-state index < -0.39 is 15.7 Å². The largest absolute Gasteiger partial charge is 0.342 e. The molecule has 0 spiro atoms. The Morgan fingerprint density at radius 2 is 1.95 bits per heavy atom. The van der Waals surface area contributed by atoms with Crippen molar-refractivity contribution in [2.45, 2.75) is 16.3 Å². The van der Waals surface area contributed by atoms with Crippen molar-refractivity contribution >= 4 is 40.7 Å². The van der Waals surface area contributed by atoms with E-state index >= 15 is 0 Å². The van der Waals surface area contributed by atoms with Crippen molar-refractivity contribution < 1.29 is 4.79 Å². The molecule has 0 saturated heterocycles. The molecule has 0 aliphatic carbocycles. The van der Waals surface area contributed by atoms with Gasteiger partial charge in [-0.1, -0.05) is 71.2 Å². The smallest absolute Gasteiger partial charge is 0.272 e. The first-order valence-corrected chi connectivity index (χ1v) is 6.72. The molecule has 102 valence electrons. The zero-order valence-electron chi connectivity index (χ0n) is 10.2. The zero-order chi connectivity index (χ0) is 14.5. The fraction of sp³-hybridized carbons (Fsp3) is 0.214. The highest BCUT2D eigenvalue weighted by Crippen LogP contribution is 2.28. The van der Waals surface area contributed by atoms with Crippen LogP contribution in [0.15, 0.2) is 49.6 Å². The van der Waals surface area contributed by atoms with Crippen LogP contribution in [-0.4, -0.2) is 9.70 Å². The first-order chi connectivity index (χ1) is 8.90. The molecule has 1 aromatic carbocycles. The molecule has 5 heteroatoms. The van der Waals surface area contributed by atoms with E-state index in [2.05, 4.69) is 18.5 Å². The van der Waals surface area contributed by atoms with Gasteiger partial charge in [-0.25, -0.2) is 0 Å². The average molecular weight is 319 g/mol. The third kappa shape index (κ3) is 4.57. The Balaban J connectivity index is 3.01. The van der Waals surface area contributed by atoms with E-state index in [-0.39, 0.29) is 0 Å². The lowest BCUT2D eigenvalue weighted by Crippen LogP contribution is -2.36. The van der Waals surface area contributed by atoms with E-state index in [4.69, 9.17) is 34.8 Å². The van der Waals surface area contributed by atoms with Gasteiger partial charge in [-0.2, -0.15) is 0 Å². The highest BCUT2D eigenvalue weighted by molar-refractivity contribution is 6.76. The molecule has 0 bridgehead atoms. The van der Waals surface area contributed by atoms with E-state index in [0.717, 1.165) is 11.1 Å². The van der Waals surface area contributed by atoms with Crippen LogP contribution in [0.5, 0.6) is 0 Å². The Kier molecular flexibility index (Phi) is 5.92. The van der Waals surface area contributed by atoms with Crippen molar-refractivity contribution in [3.63, 3.8) is 0 Å². The lowest BCUT2D eigenvalue weighted by molar-refractivity contribution is -0.120. The number of alkyl halides is 3. The number of carbonyl (C=O) groups is 1. The summed E-state index contributed by atoms with van der Waals surface area (Å²) in [5.74, 6) is -0.684. The van der Waals surface area contributed by atoms with Crippen molar-refractivity contribution in [2.24, 2.45) is 0 Å². The summed E-state index contributed by atoms with van der Waals surface area (Å²) in [7, 11) is 0. The maximum atomic E-state index is 11.7. The van der Waals surface area contributed by atoms with Gasteiger partial charge in [-0.05, 0) is 17.5 Å². The average Bonchev–Trinajstić information content (AvgIpc) is 2.36. The summed E-state index contributed by atoms with van der Waals surface area (Å²) >= 11 is 16.6. The molecule has 1 N–H and O–H groups in total. The van der Waals surface area contributed by atoms with Crippen molar-refractivity contribution in [1.29, 1.82) is 0 Å². The number of hydrogen-bond acceptors (Lipinski definition) is 1. The monoisotopic (exact) mass is 317 g/mol. The minimum absolute atomic E-state index is 0.417. The van der Waals surface area contributed by atoms with Crippen LogP contribution < -0.4 is 5.32 Å². The predicted octanol–water partition coefficient (Wildman–Crippen LogP) is 4.13. The summed E-state index contributed by atoms with van der Waals surface area (Å²) in [6.45, 7) is 7.41. The third-order valence-corrected chi connectivity index (χ3v) is 3.05. The first-order valence-electron chi connectivity index (χ1n) is 5.59. The quantitative estimate of drug-likeness (QED) is 0.642. The van der Waals surface area contributed by atoms with E-state index in [1.165, 1.54) is 0 Å². The second-order valence-electron chi connectivity index (χ2n) is 3.88. The van der Waals surface area contributed by atoms with Crippen molar-refractivity contribution in [1.82, 2.24) is 5.32 Å². The van der Waals surface area contributed by atoms with Crippen LogP contribution in [0.1, 0.15) is 17.2 Å². The Labute approximate surface area is 128 Å². The molecule has 0 heterocycles. The lowest BCUT2D eigenvalue weighted by atomic mass is 9.98. The molecule has 0 aliphatic rings. The van der Waals surface area contributed by atoms with Gasteiger partial charge in [0.15, 0.2) is 0 Å². The van der Waals surface area contributed by atoms with Crippen LogP contribution in [0.4, 0.5) is 0 Å². The molecule has 1 rings (SSSR count). The number of nitrogens with one attached hydrogen (secondary N) is 1. The Hall–Kier alpha value is -0.960. The number of halogens is 3. The Bertz CT molecular complexity index is 480. The summed E-state index contributed by atoms with van der Waals surface area (Å²) < 4.78 is -1.99. The normalized spacial score (nSPS) is 12.6. The van der Waals surface area contributed by atoms with Gasteiger partial charge in [0.1, 0.15) is 0 Å². The molecular formula is C14H14Cl3NO. The molecule has 1 unspecified atom stereocenters. The highest BCUT2D eigenvalue weighted by atomic mass is 35.6. The summed E-state index contributed by atoms with van der Waals surface area (Å²) in [5, 5.41) is 2.63. The second-order valence-corrected chi connectivity index (χ2v) is 6.16. The Morgan fingerprint density at radius 1 is 1.32 bits per heavy atom. The predicted molar refractivity (Wildman–Crippen MR) is 81.7 cm³/mol. The molecule has 1 amide bonds. The number of amides is 1. The molecule has 1 aromatic rings. The minimum atomic E-state index is -1.99. The van der Waals surface area contributed by atoms with E-state index in [1.54, 1.807) is 12.2 Å². The molecule has 0 saturated carbocycles. The van der Waals surface area contributed by atoms with Crippen LogP contribution >= 0.6 is 34.8 Å². The van der Waals surface area contributed by atoms with Crippen LogP contribution in [0.2, 0.25) is 0 Å². The summed E-state index contributed by atoms with van der Waals surface area (Å²) in [6, 6.07) is 7.22. The molecule has 0 aliphatic heterocycles. The zero-order valence-corrected chi connectivity index (χ0v) is 12.5. The minimum Gasteiger partial charge on any atom is -0.342 e. The molecular weight excluding hydrogens is 305 g/mol. The number of rotatable bonds is 5. The van der Waals surface area contributed by atoms with Gasteiger partial charge >= 0.3 is 0 Å². The van der Waals surface area contributed by atoms with Crippen molar-refractivity contribution in [3.8, 4) is 0 Å². The standard InChI is InChI=1S/C14H14Cl3NO/c1-3-7-10-8-5-6-9-11(10)12(4-2)18-13(19)14(15,16)17/h3-6,8-9,12H,1-2,7H2,(H,18,19). The summed E-state index contributed by atoms with van der Waals surface area (Å²) in [6.07, 6.45) is 4.07.